The van der Waals surface area contributed by atoms with Gasteiger partial charge in [0.1, 0.15) is 10.5 Å². The monoisotopic (exact) mass is 396 g/mol. The van der Waals surface area contributed by atoms with Crippen LogP contribution in [0.5, 0.6) is 5.75 Å². The predicted octanol–water partition coefficient (Wildman–Crippen LogP) is 5.70. The van der Waals surface area contributed by atoms with Crippen LogP contribution in [0.2, 0.25) is 5.02 Å². The topological polar surface area (TPSA) is 56.5 Å². The third kappa shape index (κ3) is 3.27. The van der Waals surface area contributed by atoms with Crippen molar-refractivity contribution >= 4 is 39.9 Å². The first-order valence-electron chi connectivity index (χ1n) is 8.12. The predicted molar refractivity (Wildman–Crippen MR) is 107 cm³/mol. The van der Waals surface area contributed by atoms with Gasteiger partial charge in [-0.05, 0) is 48.2 Å². The average molecular weight is 397 g/mol. The SMILES string of the molecule is Cc1ccc2c(=O)c(OC(=O)c3cccs3)c(-c3ccccc3Cl)oc2c1. The van der Waals surface area contributed by atoms with E-state index in [2.05, 4.69) is 0 Å². The van der Waals surface area contributed by atoms with Crippen LogP contribution in [-0.4, -0.2) is 5.97 Å². The summed E-state index contributed by atoms with van der Waals surface area (Å²) in [6.45, 7) is 1.90. The fourth-order valence-corrected chi connectivity index (χ4v) is 3.56. The molecule has 27 heavy (non-hydrogen) atoms. The molecule has 0 aliphatic rings. The molecule has 2 aromatic heterocycles. The number of carbonyl (C=O) groups is 1. The molecule has 4 rings (SSSR count). The number of benzene rings is 2. The molecule has 0 saturated carbocycles. The number of rotatable bonds is 3. The second kappa shape index (κ2) is 7.02. The number of fused-ring (bicyclic) bond motifs is 1. The van der Waals surface area contributed by atoms with E-state index in [1.807, 2.05) is 6.92 Å². The van der Waals surface area contributed by atoms with E-state index in [0.29, 0.717) is 26.4 Å². The van der Waals surface area contributed by atoms with Crippen molar-refractivity contribution < 1.29 is 13.9 Å². The molecule has 0 amide bonds. The molecule has 2 aromatic carbocycles. The van der Waals surface area contributed by atoms with Crippen LogP contribution < -0.4 is 10.2 Å². The number of hydrogen-bond acceptors (Lipinski definition) is 5. The summed E-state index contributed by atoms with van der Waals surface area (Å²) in [5.74, 6) is -0.650. The molecule has 6 heteroatoms. The standard InChI is InChI=1S/C21H13ClO4S/c1-12-8-9-14-16(11-12)25-19(13-5-2-3-6-15(13)22)20(18(14)23)26-21(24)17-7-4-10-27-17/h2-11H,1H3. The zero-order valence-electron chi connectivity index (χ0n) is 14.2. The van der Waals surface area contributed by atoms with Crippen molar-refractivity contribution in [2.45, 2.75) is 6.92 Å². The van der Waals surface area contributed by atoms with Crippen LogP contribution in [0, 0.1) is 6.92 Å². The summed E-state index contributed by atoms with van der Waals surface area (Å²) in [6, 6.07) is 15.5. The molecule has 0 aliphatic heterocycles. The Morgan fingerprint density at radius 2 is 1.93 bits per heavy atom. The maximum Gasteiger partial charge on any atom is 0.353 e. The van der Waals surface area contributed by atoms with E-state index in [1.165, 1.54) is 11.3 Å². The Morgan fingerprint density at radius 1 is 1.11 bits per heavy atom. The minimum Gasteiger partial charge on any atom is -0.452 e. The van der Waals surface area contributed by atoms with Gasteiger partial charge in [0.05, 0.1) is 10.4 Å². The number of esters is 1. The fraction of sp³-hybridized carbons (Fsp3) is 0.0476. The lowest BCUT2D eigenvalue weighted by Gasteiger charge is -2.11. The largest absolute Gasteiger partial charge is 0.452 e. The number of aryl methyl sites for hydroxylation is 1. The van der Waals surface area contributed by atoms with Crippen LogP contribution in [0.15, 0.2) is 69.2 Å². The highest BCUT2D eigenvalue weighted by molar-refractivity contribution is 7.12. The van der Waals surface area contributed by atoms with Gasteiger partial charge in [-0.25, -0.2) is 4.79 Å². The summed E-state index contributed by atoms with van der Waals surface area (Å²) in [5, 5.41) is 2.49. The van der Waals surface area contributed by atoms with Gasteiger partial charge >= 0.3 is 5.97 Å². The summed E-state index contributed by atoms with van der Waals surface area (Å²) < 4.78 is 11.5. The van der Waals surface area contributed by atoms with Gasteiger partial charge in [-0.3, -0.25) is 4.79 Å². The molecule has 0 atom stereocenters. The van der Waals surface area contributed by atoms with Gasteiger partial charge in [0, 0.05) is 5.56 Å². The van der Waals surface area contributed by atoms with Gasteiger partial charge in [-0.1, -0.05) is 35.9 Å². The zero-order valence-corrected chi connectivity index (χ0v) is 15.8. The molecule has 2 heterocycles. The van der Waals surface area contributed by atoms with E-state index in [0.717, 1.165) is 5.56 Å². The average Bonchev–Trinajstić information content (AvgIpc) is 3.19. The first-order valence-corrected chi connectivity index (χ1v) is 9.38. The summed E-state index contributed by atoms with van der Waals surface area (Å²) in [4.78, 5) is 25.9. The number of hydrogen-bond donors (Lipinski definition) is 0. The van der Waals surface area contributed by atoms with Gasteiger partial charge in [0.25, 0.3) is 0 Å². The van der Waals surface area contributed by atoms with E-state index >= 15 is 0 Å². The highest BCUT2D eigenvalue weighted by Crippen LogP contribution is 2.35. The van der Waals surface area contributed by atoms with Crippen molar-refractivity contribution in [3.8, 4) is 17.1 Å². The molecular weight excluding hydrogens is 384 g/mol. The molecule has 0 radical (unpaired) electrons. The minimum atomic E-state index is -0.614. The minimum absolute atomic E-state index is 0.133. The van der Waals surface area contributed by atoms with Crippen molar-refractivity contribution in [2.24, 2.45) is 0 Å². The summed E-state index contributed by atoms with van der Waals surface area (Å²) in [7, 11) is 0. The van der Waals surface area contributed by atoms with Crippen LogP contribution in [0.1, 0.15) is 15.2 Å². The molecule has 0 N–H and O–H groups in total. The van der Waals surface area contributed by atoms with Crippen LogP contribution in [0.3, 0.4) is 0 Å². The first-order chi connectivity index (χ1) is 13.0. The van der Waals surface area contributed by atoms with E-state index in [9.17, 15) is 9.59 Å². The zero-order chi connectivity index (χ0) is 19.0. The Balaban J connectivity index is 1.97. The van der Waals surface area contributed by atoms with Gasteiger partial charge < -0.3 is 9.15 Å². The Labute approximate surface area is 163 Å². The smallest absolute Gasteiger partial charge is 0.353 e. The number of carbonyl (C=O) groups excluding carboxylic acids is 1. The van der Waals surface area contributed by atoms with Crippen molar-refractivity contribution in [3.63, 3.8) is 0 Å². The lowest BCUT2D eigenvalue weighted by Crippen LogP contribution is -2.15. The molecule has 0 spiro atoms. The van der Waals surface area contributed by atoms with E-state index in [1.54, 1.807) is 60.0 Å². The van der Waals surface area contributed by atoms with Crippen molar-refractivity contribution in [2.75, 3.05) is 0 Å². The third-order valence-electron chi connectivity index (χ3n) is 4.04. The Morgan fingerprint density at radius 3 is 2.67 bits per heavy atom. The van der Waals surface area contributed by atoms with Gasteiger partial charge in [0.2, 0.25) is 11.2 Å². The highest BCUT2D eigenvalue weighted by atomic mass is 35.5. The molecule has 4 nitrogen and oxygen atoms in total. The van der Waals surface area contributed by atoms with E-state index < -0.39 is 11.4 Å². The first kappa shape index (κ1) is 17.5. The molecule has 0 saturated heterocycles. The number of thiophene rings is 1. The van der Waals surface area contributed by atoms with Crippen LogP contribution in [0.25, 0.3) is 22.3 Å². The molecule has 0 aliphatic carbocycles. The Kier molecular flexibility index (Phi) is 4.56. The van der Waals surface area contributed by atoms with Crippen molar-refractivity contribution in [1.29, 1.82) is 0 Å². The van der Waals surface area contributed by atoms with Crippen molar-refractivity contribution in [1.82, 2.24) is 0 Å². The molecule has 134 valence electrons. The Hall–Kier alpha value is -2.89. The summed E-state index contributed by atoms with van der Waals surface area (Å²) >= 11 is 7.53. The molecule has 0 unspecified atom stereocenters. The van der Waals surface area contributed by atoms with Gasteiger partial charge in [0.15, 0.2) is 5.76 Å². The molecule has 0 fully saturated rings. The maximum absolute atomic E-state index is 13.1. The quantitative estimate of drug-likeness (QED) is 0.416. The normalized spacial score (nSPS) is 10.9. The number of ether oxygens (including phenoxy) is 1. The van der Waals surface area contributed by atoms with E-state index in [-0.39, 0.29) is 11.5 Å². The number of halogens is 1. The lowest BCUT2D eigenvalue weighted by molar-refractivity contribution is 0.0736. The maximum atomic E-state index is 13.1. The summed E-state index contributed by atoms with van der Waals surface area (Å²) in [6.07, 6.45) is 0. The highest BCUT2D eigenvalue weighted by Gasteiger charge is 2.23. The third-order valence-corrected chi connectivity index (χ3v) is 5.22. The fourth-order valence-electron chi connectivity index (χ4n) is 2.74. The van der Waals surface area contributed by atoms with E-state index in [4.69, 9.17) is 20.8 Å². The second-order valence-corrected chi connectivity index (χ2v) is 7.29. The molecular formula is C21H13ClO4S. The lowest BCUT2D eigenvalue weighted by atomic mass is 10.1. The summed E-state index contributed by atoms with van der Waals surface area (Å²) in [5.41, 5.74) is 1.41. The second-order valence-electron chi connectivity index (χ2n) is 5.94. The van der Waals surface area contributed by atoms with Crippen LogP contribution >= 0.6 is 22.9 Å². The molecule has 4 aromatic rings. The Bertz CT molecular complexity index is 1210. The van der Waals surface area contributed by atoms with Gasteiger partial charge in [-0.2, -0.15) is 0 Å². The molecule has 0 bridgehead atoms. The van der Waals surface area contributed by atoms with Crippen LogP contribution in [-0.2, 0) is 0 Å². The van der Waals surface area contributed by atoms with Gasteiger partial charge in [-0.15, -0.1) is 11.3 Å². The van der Waals surface area contributed by atoms with Crippen molar-refractivity contribution in [3.05, 3.63) is 85.7 Å². The van der Waals surface area contributed by atoms with Crippen LogP contribution in [0.4, 0.5) is 0 Å².